The maximum absolute atomic E-state index is 12.7. The number of hydrogen-bond donors (Lipinski definition) is 0. The third-order valence-corrected chi connectivity index (χ3v) is 5.96. The molecule has 0 unspecified atom stereocenters. The van der Waals surface area contributed by atoms with Crippen LogP contribution >= 0.6 is 0 Å². The van der Waals surface area contributed by atoms with Gasteiger partial charge in [0, 0.05) is 13.0 Å². The standard InChI is InChI=1S/C15H20N2O5S/c1-21-14(18)6-3-11-23(19,20)17-8-7-16-9-10-22-13-5-2-4-12(17)15(13)16/h2,4-5H,3,6-11H2,1H3. The lowest BCUT2D eigenvalue weighted by molar-refractivity contribution is -0.140. The zero-order valence-electron chi connectivity index (χ0n) is 13.0. The van der Waals surface area contributed by atoms with Crippen LogP contribution in [-0.2, 0) is 19.6 Å². The van der Waals surface area contributed by atoms with Crippen LogP contribution in [0.25, 0.3) is 0 Å². The molecule has 0 radical (unpaired) electrons. The van der Waals surface area contributed by atoms with E-state index in [1.54, 1.807) is 12.1 Å². The van der Waals surface area contributed by atoms with E-state index in [-0.39, 0.29) is 18.6 Å². The number of sulfonamides is 1. The number of methoxy groups -OCH3 is 1. The lowest BCUT2D eigenvalue weighted by Gasteiger charge is -2.41. The topological polar surface area (TPSA) is 76.2 Å². The van der Waals surface area contributed by atoms with E-state index in [1.165, 1.54) is 11.4 Å². The minimum Gasteiger partial charge on any atom is -0.489 e. The molecular weight excluding hydrogens is 320 g/mol. The van der Waals surface area contributed by atoms with Crippen molar-refractivity contribution in [2.75, 3.05) is 48.3 Å². The molecule has 3 rings (SSSR count). The largest absolute Gasteiger partial charge is 0.489 e. The lowest BCUT2D eigenvalue weighted by atomic mass is 10.1. The third-order valence-electron chi connectivity index (χ3n) is 4.10. The molecular formula is C15H20N2O5S. The summed E-state index contributed by atoms with van der Waals surface area (Å²) in [4.78, 5) is 13.3. The highest BCUT2D eigenvalue weighted by atomic mass is 32.2. The summed E-state index contributed by atoms with van der Waals surface area (Å²) < 4.78 is 36.9. The highest BCUT2D eigenvalue weighted by molar-refractivity contribution is 7.92. The molecule has 0 spiro atoms. The number of benzene rings is 1. The molecule has 126 valence electrons. The minimum absolute atomic E-state index is 0.0768. The van der Waals surface area contributed by atoms with Crippen molar-refractivity contribution in [3.8, 4) is 5.75 Å². The predicted octanol–water partition coefficient (Wildman–Crippen LogP) is 0.988. The van der Waals surface area contributed by atoms with Crippen LogP contribution < -0.4 is 13.9 Å². The summed E-state index contributed by atoms with van der Waals surface area (Å²) in [5, 5.41) is 0. The number of ether oxygens (including phenoxy) is 2. The van der Waals surface area contributed by atoms with Crippen LogP contribution in [0, 0.1) is 0 Å². The van der Waals surface area contributed by atoms with Gasteiger partial charge in [0.2, 0.25) is 10.0 Å². The molecule has 1 aromatic rings. The summed E-state index contributed by atoms with van der Waals surface area (Å²) >= 11 is 0. The molecule has 7 nitrogen and oxygen atoms in total. The Morgan fingerprint density at radius 2 is 2.13 bits per heavy atom. The molecule has 8 heteroatoms. The summed E-state index contributed by atoms with van der Waals surface area (Å²) in [5.41, 5.74) is 1.51. The molecule has 0 atom stereocenters. The Morgan fingerprint density at radius 3 is 2.91 bits per heavy atom. The van der Waals surface area contributed by atoms with Crippen molar-refractivity contribution in [1.29, 1.82) is 0 Å². The molecule has 2 heterocycles. The Morgan fingerprint density at radius 1 is 1.30 bits per heavy atom. The van der Waals surface area contributed by atoms with Gasteiger partial charge in [-0.05, 0) is 18.6 Å². The van der Waals surface area contributed by atoms with Crippen LogP contribution in [0.4, 0.5) is 11.4 Å². The maximum atomic E-state index is 12.7. The van der Waals surface area contributed by atoms with Gasteiger partial charge in [-0.1, -0.05) is 6.07 Å². The van der Waals surface area contributed by atoms with Crippen LogP contribution in [0.1, 0.15) is 12.8 Å². The van der Waals surface area contributed by atoms with E-state index in [0.717, 1.165) is 18.0 Å². The smallest absolute Gasteiger partial charge is 0.305 e. The Hall–Kier alpha value is -1.96. The number of carbonyl (C=O) groups excluding carboxylic acids is 1. The molecule has 0 amide bonds. The molecule has 0 saturated heterocycles. The van der Waals surface area contributed by atoms with Crippen LogP contribution in [0.5, 0.6) is 5.75 Å². The number of rotatable bonds is 5. The summed E-state index contributed by atoms with van der Waals surface area (Å²) in [6.07, 6.45) is 0.354. The van der Waals surface area contributed by atoms with Crippen molar-refractivity contribution in [2.24, 2.45) is 0 Å². The molecule has 0 saturated carbocycles. The van der Waals surface area contributed by atoms with E-state index in [0.29, 0.717) is 25.4 Å². The average molecular weight is 340 g/mol. The van der Waals surface area contributed by atoms with E-state index in [4.69, 9.17) is 4.74 Å². The van der Waals surface area contributed by atoms with Crippen LogP contribution in [0.2, 0.25) is 0 Å². The third kappa shape index (κ3) is 3.08. The van der Waals surface area contributed by atoms with E-state index < -0.39 is 16.0 Å². The predicted molar refractivity (Wildman–Crippen MR) is 86.5 cm³/mol. The average Bonchev–Trinajstić information content (AvgIpc) is 2.55. The number of anilines is 2. The van der Waals surface area contributed by atoms with Crippen LogP contribution in [-0.4, -0.2) is 53.5 Å². The molecule has 0 N–H and O–H groups in total. The highest BCUT2D eigenvalue weighted by Gasteiger charge is 2.34. The fraction of sp³-hybridized carbons (Fsp3) is 0.533. The molecule has 0 aromatic heterocycles. The number of nitrogens with zero attached hydrogens (tertiary/aromatic N) is 2. The first kappa shape index (κ1) is 15.9. The van der Waals surface area contributed by atoms with E-state index in [2.05, 4.69) is 9.64 Å². The minimum atomic E-state index is -3.48. The molecule has 0 aliphatic carbocycles. The van der Waals surface area contributed by atoms with Crippen molar-refractivity contribution in [2.45, 2.75) is 12.8 Å². The molecule has 2 aliphatic rings. The van der Waals surface area contributed by atoms with Crippen molar-refractivity contribution in [3.05, 3.63) is 18.2 Å². The zero-order chi connectivity index (χ0) is 16.4. The Kier molecular flexibility index (Phi) is 4.34. The first-order valence-electron chi connectivity index (χ1n) is 7.61. The first-order valence-corrected chi connectivity index (χ1v) is 9.22. The van der Waals surface area contributed by atoms with Gasteiger partial charge in [0.25, 0.3) is 0 Å². The summed E-state index contributed by atoms with van der Waals surface area (Å²) in [7, 11) is -2.18. The summed E-state index contributed by atoms with van der Waals surface area (Å²) in [6, 6.07) is 5.47. The monoisotopic (exact) mass is 340 g/mol. The summed E-state index contributed by atoms with van der Waals surface area (Å²) in [6.45, 7) is 2.43. The lowest BCUT2D eigenvalue weighted by Crippen LogP contribution is -2.47. The SMILES string of the molecule is COC(=O)CCCS(=O)(=O)N1CCN2CCOc3cccc1c32. The fourth-order valence-electron chi connectivity index (χ4n) is 2.98. The quantitative estimate of drug-likeness (QED) is 0.744. The van der Waals surface area contributed by atoms with Gasteiger partial charge < -0.3 is 14.4 Å². The van der Waals surface area contributed by atoms with Gasteiger partial charge in [-0.25, -0.2) is 8.42 Å². The van der Waals surface area contributed by atoms with E-state index in [9.17, 15) is 13.2 Å². The molecule has 2 aliphatic heterocycles. The number of carbonyl (C=O) groups is 1. The Labute approximate surface area is 135 Å². The van der Waals surface area contributed by atoms with Gasteiger partial charge in [-0.2, -0.15) is 0 Å². The van der Waals surface area contributed by atoms with Gasteiger partial charge in [0.05, 0.1) is 31.6 Å². The summed E-state index contributed by atoms with van der Waals surface area (Å²) in [5.74, 6) is 0.255. The number of para-hydroxylation sites is 1. The second-order valence-corrected chi connectivity index (χ2v) is 7.54. The number of esters is 1. The van der Waals surface area contributed by atoms with Gasteiger partial charge >= 0.3 is 5.97 Å². The van der Waals surface area contributed by atoms with Gasteiger partial charge in [0.1, 0.15) is 18.0 Å². The van der Waals surface area contributed by atoms with Gasteiger partial charge in [-0.3, -0.25) is 9.10 Å². The maximum Gasteiger partial charge on any atom is 0.305 e. The van der Waals surface area contributed by atoms with E-state index in [1.807, 2.05) is 6.07 Å². The highest BCUT2D eigenvalue weighted by Crippen LogP contribution is 2.43. The molecule has 0 bridgehead atoms. The first-order chi connectivity index (χ1) is 11.0. The molecule has 1 aromatic carbocycles. The van der Waals surface area contributed by atoms with Gasteiger partial charge in [0.15, 0.2) is 0 Å². The Balaban J connectivity index is 1.82. The van der Waals surface area contributed by atoms with Gasteiger partial charge in [-0.15, -0.1) is 0 Å². The van der Waals surface area contributed by atoms with Crippen LogP contribution in [0.3, 0.4) is 0 Å². The number of hydrogen-bond acceptors (Lipinski definition) is 6. The molecule has 23 heavy (non-hydrogen) atoms. The van der Waals surface area contributed by atoms with Crippen molar-refractivity contribution < 1.29 is 22.7 Å². The molecule has 0 fully saturated rings. The zero-order valence-corrected chi connectivity index (χ0v) is 13.8. The van der Waals surface area contributed by atoms with Crippen molar-refractivity contribution in [3.63, 3.8) is 0 Å². The van der Waals surface area contributed by atoms with E-state index >= 15 is 0 Å². The normalized spacial score (nSPS) is 16.6. The second kappa shape index (κ2) is 6.27. The van der Waals surface area contributed by atoms with Crippen LogP contribution in [0.15, 0.2) is 18.2 Å². The van der Waals surface area contributed by atoms with Crippen molar-refractivity contribution >= 4 is 27.4 Å². The second-order valence-electron chi connectivity index (χ2n) is 5.53. The van der Waals surface area contributed by atoms with Crippen molar-refractivity contribution in [1.82, 2.24) is 0 Å². The Bertz CT molecular complexity index is 704. The fourth-order valence-corrected chi connectivity index (χ4v) is 4.52.